The standard InChI is InChI=1S/C16H18N2O4S/c1-12-5-9-15(10-6-12)23(21,22)18-14-8-7-13(17-11-14)3-2-4-16(19)20/h5-11,18H,2-4H2,1H3,(H,19,20). The Morgan fingerprint density at radius 3 is 2.43 bits per heavy atom. The van der Waals surface area contributed by atoms with Crippen LogP contribution in [0.2, 0.25) is 0 Å². The topological polar surface area (TPSA) is 96.4 Å². The van der Waals surface area contributed by atoms with E-state index < -0.39 is 16.0 Å². The van der Waals surface area contributed by atoms with Gasteiger partial charge in [-0.25, -0.2) is 8.42 Å². The lowest BCUT2D eigenvalue weighted by atomic mass is 10.2. The highest BCUT2D eigenvalue weighted by molar-refractivity contribution is 7.92. The number of anilines is 1. The number of nitrogens with zero attached hydrogens (tertiary/aromatic N) is 1. The lowest BCUT2D eigenvalue weighted by Gasteiger charge is -2.08. The van der Waals surface area contributed by atoms with Gasteiger partial charge in [0.2, 0.25) is 0 Å². The van der Waals surface area contributed by atoms with Gasteiger partial charge >= 0.3 is 5.97 Å². The maximum atomic E-state index is 12.2. The molecule has 0 saturated heterocycles. The normalized spacial score (nSPS) is 11.2. The number of aliphatic carboxylic acids is 1. The number of aryl methyl sites for hydroxylation is 2. The molecular weight excluding hydrogens is 316 g/mol. The van der Waals surface area contributed by atoms with Crippen LogP contribution in [0.1, 0.15) is 24.1 Å². The third-order valence-electron chi connectivity index (χ3n) is 3.23. The van der Waals surface area contributed by atoms with Gasteiger partial charge in [-0.1, -0.05) is 17.7 Å². The minimum Gasteiger partial charge on any atom is -0.481 e. The molecular formula is C16H18N2O4S. The van der Waals surface area contributed by atoms with Crippen molar-refractivity contribution in [1.29, 1.82) is 0 Å². The van der Waals surface area contributed by atoms with Crippen LogP contribution in [-0.4, -0.2) is 24.5 Å². The molecule has 0 spiro atoms. The summed E-state index contributed by atoms with van der Waals surface area (Å²) >= 11 is 0. The largest absolute Gasteiger partial charge is 0.481 e. The summed E-state index contributed by atoms with van der Waals surface area (Å²) in [5, 5.41) is 8.59. The van der Waals surface area contributed by atoms with E-state index in [1.54, 1.807) is 36.4 Å². The van der Waals surface area contributed by atoms with Crippen LogP contribution < -0.4 is 4.72 Å². The molecule has 0 radical (unpaired) electrons. The average molecular weight is 334 g/mol. The van der Waals surface area contributed by atoms with Crippen molar-refractivity contribution in [3.8, 4) is 0 Å². The third-order valence-corrected chi connectivity index (χ3v) is 4.63. The molecule has 23 heavy (non-hydrogen) atoms. The summed E-state index contributed by atoms with van der Waals surface area (Å²) in [4.78, 5) is 14.8. The second-order valence-corrected chi connectivity index (χ2v) is 6.89. The number of rotatable bonds is 7. The van der Waals surface area contributed by atoms with Gasteiger partial charge in [0, 0.05) is 12.1 Å². The molecule has 7 heteroatoms. The predicted molar refractivity (Wildman–Crippen MR) is 86.8 cm³/mol. The maximum absolute atomic E-state index is 12.2. The molecule has 0 fully saturated rings. The first-order chi connectivity index (χ1) is 10.9. The molecule has 0 amide bonds. The van der Waals surface area contributed by atoms with Gasteiger partial charge in [0.05, 0.1) is 16.8 Å². The van der Waals surface area contributed by atoms with E-state index in [1.165, 1.54) is 6.20 Å². The highest BCUT2D eigenvalue weighted by atomic mass is 32.2. The van der Waals surface area contributed by atoms with E-state index in [-0.39, 0.29) is 11.3 Å². The van der Waals surface area contributed by atoms with Crippen molar-refractivity contribution >= 4 is 21.7 Å². The molecule has 0 aliphatic heterocycles. The van der Waals surface area contributed by atoms with Crippen molar-refractivity contribution in [2.75, 3.05) is 4.72 Å². The Bertz CT molecular complexity index is 769. The van der Waals surface area contributed by atoms with Gasteiger partial charge in [-0.05, 0) is 44.0 Å². The molecule has 0 unspecified atom stereocenters. The fraction of sp³-hybridized carbons (Fsp3) is 0.250. The molecule has 0 atom stereocenters. The number of carboxylic acids is 1. The summed E-state index contributed by atoms with van der Waals surface area (Å²) < 4.78 is 27.0. The van der Waals surface area contributed by atoms with Gasteiger partial charge in [-0.2, -0.15) is 0 Å². The van der Waals surface area contributed by atoms with Gasteiger partial charge in [0.25, 0.3) is 10.0 Å². The molecule has 2 N–H and O–H groups in total. The zero-order valence-corrected chi connectivity index (χ0v) is 13.5. The summed E-state index contributed by atoms with van der Waals surface area (Å²) in [6.07, 6.45) is 2.55. The van der Waals surface area contributed by atoms with Crippen LogP contribution in [0.4, 0.5) is 5.69 Å². The first-order valence-electron chi connectivity index (χ1n) is 7.13. The van der Waals surface area contributed by atoms with E-state index in [4.69, 9.17) is 5.11 Å². The molecule has 2 rings (SSSR count). The number of pyridine rings is 1. The summed E-state index contributed by atoms with van der Waals surface area (Å²) in [5.41, 5.74) is 2.08. The second kappa shape index (κ2) is 7.23. The molecule has 1 aromatic carbocycles. The Hall–Kier alpha value is -2.41. The number of nitrogens with one attached hydrogen (secondary N) is 1. The van der Waals surface area contributed by atoms with E-state index >= 15 is 0 Å². The summed E-state index contributed by atoms with van der Waals surface area (Å²) in [7, 11) is -3.64. The van der Waals surface area contributed by atoms with Crippen molar-refractivity contribution in [3.05, 3.63) is 53.9 Å². The van der Waals surface area contributed by atoms with Gasteiger partial charge < -0.3 is 5.11 Å². The van der Waals surface area contributed by atoms with Gasteiger partial charge in [-0.3, -0.25) is 14.5 Å². The molecule has 0 saturated carbocycles. The van der Waals surface area contributed by atoms with Crippen molar-refractivity contribution in [2.45, 2.75) is 31.1 Å². The molecule has 0 aliphatic rings. The number of aromatic nitrogens is 1. The molecule has 6 nitrogen and oxygen atoms in total. The Morgan fingerprint density at radius 2 is 1.87 bits per heavy atom. The zero-order chi connectivity index (χ0) is 16.9. The summed E-state index contributed by atoms with van der Waals surface area (Å²) in [6.45, 7) is 1.89. The van der Waals surface area contributed by atoms with Gasteiger partial charge in [-0.15, -0.1) is 0 Å². The van der Waals surface area contributed by atoms with Crippen LogP contribution in [0.5, 0.6) is 0 Å². The molecule has 1 aromatic heterocycles. The first kappa shape index (κ1) is 17.0. The Labute approximate surface area is 135 Å². The maximum Gasteiger partial charge on any atom is 0.303 e. The van der Waals surface area contributed by atoms with Crippen molar-refractivity contribution in [2.24, 2.45) is 0 Å². The van der Waals surface area contributed by atoms with E-state index in [0.29, 0.717) is 18.5 Å². The number of sulfonamides is 1. The fourth-order valence-electron chi connectivity index (χ4n) is 1.98. The average Bonchev–Trinajstić information content (AvgIpc) is 2.49. The lowest BCUT2D eigenvalue weighted by Crippen LogP contribution is -2.13. The Kier molecular flexibility index (Phi) is 5.33. The number of carbonyl (C=O) groups is 1. The van der Waals surface area contributed by atoms with E-state index in [9.17, 15) is 13.2 Å². The van der Waals surface area contributed by atoms with Gasteiger partial charge in [0.15, 0.2) is 0 Å². The minimum atomic E-state index is -3.64. The summed E-state index contributed by atoms with van der Waals surface area (Å²) in [6, 6.07) is 9.87. The SMILES string of the molecule is Cc1ccc(S(=O)(=O)Nc2ccc(CCCC(=O)O)nc2)cc1. The molecule has 2 aromatic rings. The molecule has 1 heterocycles. The number of carboxylic acid groups (broad SMARTS) is 1. The summed E-state index contributed by atoms with van der Waals surface area (Å²) in [5.74, 6) is -0.840. The van der Waals surface area contributed by atoms with Crippen LogP contribution in [0.3, 0.4) is 0 Å². The fourth-order valence-corrected chi connectivity index (χ4v) is 3.03. The molecule has 0 aliphatic carbocycles. The minimum absolute atomic E-state index is 0.0868. The van der Waals surface area contributed by atoms with E-state index in [1.807, 2.05) is 6.92 Å². The van der Waals surface area contributed by atoms with Crippen LogP contribution in [0, 0.1) is 6.92 Å². The van der Waals surface area contributed by atoms with Crippen molar-refractivity contribution in [1.82, 2.24) is 4.98 Å². The van der Waals surface area contributed by atoms with Crippen LogP contribution in [0.15, 0.2) is 47.5 Å². The highest BCUT2D eigenvalue weighted by Crippen LogP contribution is 2.16. The molecule has 0 bridgehead atoms. The number of hydrogen-bond donors (Lipinski definition) is 2. The smallest absolute Gasteiger partial charge is 0.303 e. The van der Waals surface area contributed by atoms with E-state index in [2.05, 4.69) is 9.71 Å². The van der Waals surface area contributed by atoms with Crippen LogP contribution >= 0.6 is 0 Å². The van der Waals surface area contributed by atoms with Crippen LogP contribution in [-0.2, 0) is 21.2 Å². The van der Waals surface area contributed by atoms with E-state index in [0.717, 1.165) is 11.3 Å². The Balaban J connectivity index is 2.02. The third kappa shape index (κ3) is 5.07. The van der Waals surface area contributed by atoms with Crippen LogP contribution in [0.25, 0.3) is 0 Å². The Morgan fingerprint density at radius 1 is 1.17 bits per heavy atom. The highest BCUT2D eigenvalue weighted by Gasteiger charge is 2.13. The molecule has 122 valence electrons. The first-order valence-corrected chi connectivity index (χ1v) is 8.61. The number of hydrogen-bond acceptors (Lipinski definition) is 4. The monoisotopic (exact) mass is 334 g/mol. The van der Waals surface area contributed by atoms with Gasteiger partial charge in [0.1, 0.15) is 0 Å². The second-order valence-electron chi connectivity index (χ2n) is 5.20. The lowest BCUT2D eigenvalue weighted by molar-refractivity contribution is -0.137. The van der Waals surface area contributed by atoms with Crippen molar-refractivity contribution in [3.63, 3.8) is 0 Å². The zero-order valence-electron chi connectivity index (χ0n) is 12.7. The predicted octanol–water partition coefficient (Wildman–Crippen LogP) is 2.60. The number of benzene rings is 1. The quantitative estimate of drug-likeness (QED) is 0.811. The van der Waals surface area contributed by atoms with Crippen molar-refractivity contribution < 1.29 is 18.3 Å².